The van der Waals surface area contributed by atoms with Crippen molar-refractivity contribution in [1.29, 1.82) is 0 Å². The average Bonchev–Trinajstić information content (AvgIpc) is 2.48. The van der Waals surface area contributed by atoms with Crippen molar-refractivity contribution in [3.05, 3.63) is 82.3 Å². The van der Waals surface area contributed by atoms with Crippen molar-refractivity contribution < 1.29 is 9.53 Å². The summed E-state index contributed by atoms with van der Waals surface area (Å²) < 4.78 is 6.25. The predicted molar refractivity (Wildman–Crippen MR) is 83.2 cm³/mol. The molecule has 0 spiro atoms. The van der Waals surface area contributed by atoms with Crippen LogP contribution in [0, 0.1) is 0 Å². The quantitative estimate of drug-likeness (QED) is 0.603. The maximum Gasteiger partial charge on any atom is 0.334 e. The zero-order chi connectivity index (χ0) is 14.4. The summed E-state index contributed by atoms with van der Waals surface area (Å²) in [5.74, 6) is -0.350. The van der Waals surface area contributed by atoms with Gasteiger partial charge in [-0.15, -0.1) is 0 Å². The van der Waals surface area contributed by atoms with Gasteiger partial charge in [0.2, 0.25) is 0 Å². The second kappa shape index (κ2) is 7.06. The van der Waals surface area contributed by atoms with Crippen LogP contribution >= 0.6 is 15.9 Å². The number of hydrogen-bond donors (Lipinski definition) is 0. The molecule has 0 fully saturated rings. The maximum atomic E-state index is 11.9. The van der Waals surface area contributed by atoms with Crippen molar-refractivity contribution in [3.63, 3.8) is 0 Å². The minimum absolute atomic E-state index is 0.277. The van der Waals surface area contributed by atoms with Gasteiger partial charge in [-0.2, -0.15) is 0 Å². The third-order valence-corrected chi connectivity index (χ3v) is 3.36. The fourth-order valence-corrected chi connectivity index (χ4v) is 2.01. The first-order valence-corrected chi connectivity index (χ1v) is 7.08. The molecule has 0 saturated heterocycles. The summed E-state index contributed by atoms with van der Waals surface area (Å²) in [6.45, 7) is 4.08. The molecule has 0 bridgehead atoms. The number of halogens is 1. The Bertz CT molecular complexity index is 588. The van der Waals surface area contributed by atoms with E-state index in [0.717, 1.165) is 15.6 Å². The minimum atomic E-state index is -0.350. The lowest BCUT2D eigenvalue weighted by Gasteiger charge is -2.07. The molecule has 0 aliphatic heterocycles. The molecule has 0 heterocycles. The summed E-state index contributed by atoms with van der Waals surface area (Å²) in [6.07, 6.45) is 0.501. The van der Waals surface area contributed by atoms with Gasteiger partial charge in [0, 0.05) is 16.5 Å². The Morgan fingerprint density at radius 2 is 1.65 bits per heavy atom. The van der Waals surface area contributed by atoms with Gasteiger partial charge in [0.1, 0.15) is 6.61 Å². The van der Waals surface area contributed by atoms with Gasteiger partial charge in [0.05, 0.1) is 0 Å². The predicted octanol–water partition coefficient (Wildman–Crippen LogP) is 4.29. The Labute approximate surface area is 127 Å². The number of ether oxygens (including phenoxy) is 1. The second-order valence-corrected chi connectivity index (χ2v) is 5.38. The number of hydrogen-bond acceptors (Lipinski definition) is 2. The minimum Gasteiger partial charge on any atom is -0.457 e. The standard InChI is InChI=1S/C17H15BrO2/c1-13(11-14-7-9-16(18)10-8-14)17(19)20-12-15-5-3-2-4-6-15/h2-10H,1,11-12H2. The van der Waals surface area contributed by atoms with Crippen molar-refractivity contribution in [2.24, 2.45) is 0 Å². The molecule has 2 rings (SSSR count). The molecule has 0 amide bonds. The number of benzene rings is 2. The molecule has 0 radical (unpaired) electrons. The molecule has 0 aliphatic carbocycles. The molecule has 20 heavy (non-hydrogen) atoms. The molecule has 102 valence electrons. The summed E-state index contributed by atoms with van der Waals surface area (Å²) in [4.78, 5) is 11.9. The zero-order valence-electron chi connectivity index (χ0n) is 11.0. The van der Waals surface area contributed by atoms with Gasteiger partial charge in [0.15, 0.2) is 0 Å². The van der Waals surface area contributed by atoms with Crippen LogP contribution in [0.2, 0.25) is 0 Å². The topological polar surface area (TPSA) is 26.3 Å². The van der Waals surface area contributed by atoms with Gasteiger partial charge < -0.3 is 4.74 Å². The van der Waals surface area contributed by atoms with Crippen molar-refractivity contribution in [3.8, 4) is 0 Å². The van der Waals surface area contributed by atoms with E-state index in [1.54, 1.807) is 0 Å². The molecule has 0 aliphatic rings. The van der Waals surface area contributed by atoms with E-state index < -0.39 is 0 Å². The maximum absolute atomic E-state index is 11.9. The first kappa shape index (κ1) is 14.5. The molecule has 3 heteroatoms. The average molecular weight is 331 g/mol. The summed E-state index contributed by atoms with van der Waals surface area (Å²) in [7, 11) is 0. The Morgan fingerprint density at radius 1 is 1.00 bits per heavy atom. The van der Waals surface area contributed by atoms with Gasteiger partial charge in [-0.3, -0.25) is 0 Å². The number of carbonyl (C=O) groups excluding carboxylic acids is 1. The van der Waals surface area contributed by atoms with Gasteiger partial charge in [-0.05, 0) is 23.3 Å². The lowest BCUT2D eigenvalue weighted by Crippen LogP contribution is -2.09. The van der Waals surface area contributed by atoms with Gasteiger partial charge in [-0.1, -0.05) is 65.0 Å². The molecule has 0 N–H and O–H groups in total. The molecule has 2 nitrogen and oxygen atoms in total. The SMILES string of the molecule is C=C(Cc1ccc(Br)cc1)C(=O)OCc1ccccc1. The number of carbonyl (C=O) groups is 1. The monoisotopic (exact) mass is 330 g/mol. The third-order valence-electron chi connectivity index (χ3n) is 2.83. The van der Waals surface area contributed by atoms with E-state index in [1.165, 1.54) is 0 Å². The highest BCUT2D eigenvalue weighted by atomic mass is 79.9. The van der Waals surface area contributed by atoms with Gasteiger partial charge in [0.25, 0.3) is 0 Å². The molecule has 0 saturated carbocycles. The molecule has 2 aromatic carbocycles. The second-order valence-electron chi connectivity index (χ2n) is 4.47. The molecule has 0 unspecified atom stereocenters. The van der Waals surface area contributed by atoms with Crippen LogP contribution in [-0.4, -0.2) is 5.97 Å². The molecular formula is C17H15BrO2. The lowest BCUT2D eigenvalue weighted by molar-refractivity contribution is -0.140. The highest BCUT2D eigenvalue weighted by molar-refractivity contribution is 9.10. The van der Waals surface area contributed by atoms with Crippen LogP contribution in [0.1, 0.15) is 11.1 Å². The van der Waals surface area contributed by atoms with E-state index in [-0.39, 0.29) is 12.6 Å². The van der Waals surface area contributed by atoms with Crippen LogP contribution in [0.25, 0.3) is 0 Å². The van der Waals surface area contributed by atoms with Crippen LogP contribution in [0.4, 0.5) is 0 Å². The zero-order valence-corrected chi connectivity index (χ0v) is 12.6. The molecule has 0 aromatic heterocycles. The van der Waals surface area contributed by atoms with Crippen molar-refractivity contribution in [2.75, 3.05) is 0 Å². The highest BCUT2D eigenvalue weighted by Crippen LogP contribution is 2.14. The Kier molecular flexibility index (Phi) is 5.13. The smallest absolute Gasteiger partial charge is 0.334 e. The highest BCUT2D eigenvalue weighted by Gasteiger charge is 2.09. The Balaban J connectivity index is 1.86. The summed E-state index contributed by atoms with van der Waals surface area (Å²) in [5.41, 5.74) is 2.47. The third kappa shape index (κ3) is 4.35. The van der Waals surface area contributed by atoms with Crippen LogP contribution in [0.3, 0.4) is 0 Å². The largest absolute Gasteiger partial charge is 0.457 e. The number of rotatable bonds is 5. The van der Waals surface area contributed by atoms with E-state index >= 15 is 0 Å². The first-order chi connectivity index (χ1) is 9.65. The van der Waals surface area contributed by atoms with E-state index in [2.05, 4.69) is 22.5 Å². The summed E-state index contributed by atoms with van der Waals surface area (Å²) in [5, 5.41) is 0. The van der Waals surface area contributed by atoms with Gasteiger partial charge >= 0.3 is 5.97 Å². The van der Waals surface area contributed by atoms with E-state index in [4.69, 9.17) is 4.74 Å². The Hall–Kier alpha value is -1.87. The Morgan fingerprint density at radius 3 is 2.30 bits per heavy atom. The molecule has 0 atom stereocenters. The van der Waals surface area contributed by atoms with Gasteiger partial charge in [-0.25, -0.2) is 4.79 Å². The summed E-state index contributed by atoms with van der Waals surface area (Å²) >= 11 is 3.38. The molecular weight excluding hydrogens is 316 g/mol. The first-order valence-electron chi connectivity index (χ1n) is 6.28. The van der Waals surface area contributed by atoms with Crippen molar-refractivity contribution >= 4 is 21.9 Å². The van der Waals surface area contributed by atoms with Crippen LogP contribution in [-0.2, 0) is 22.6 Å². The van der Waals surface area contributed by atoms with Crippen molar-refractivity contribution in [1.82, 2.24) is 0 Å². The fourth-order valence-electron chi connectivity index (χ4n) is 1.75. The van der Waals surface area contributed by atoms with Crippen LogP contribution < -0.4 is 0 Å². The lowest BCUT2D eigenvalue weighted by atomic mass is 10.1. The van der Waals surface area contributed by atoms with Crippen molar-refractivity contribution in [2.45, 2.75) is 13.0 Å². The molecule has 2 aromatic rings. The van der Waals surface area contributed by atoms with E-state index in [1.807, 2.05) is 54.6 Å². The van der Waals surface area contributed by atoms with E-state index in [0.29, 0.717) is 12.0 Å². The van der Waals surface area contributed by atoms with E-state index in [9.17, 15) is 4.79 Å². The number of esters is 1. The normalized spacial score (nSPS) is 10.1. The fraction of sp³-hybridized carbons (Fsp3) is 0.118. The van der Waals surface area contributed by atoms with Crippen LogP contribution in [0.15, 0.2) is 71.2 Å². The van der Waals surface area contributed by atoms with Crippen LogP contribution in [0.5, 0.6) is 0 Å². The summed E-state index contributed by atoms with van der Waals surface area (Å²) in [6, 6.07) is 17.4.